The van der Waals surface area contributed by atoms with E-state index in [9.17, 15) is 9.59 Å². The largest absolute Gasteiger partial charge is 0.382 e. The summed E-state index contributed by atoms with van der Waals surface area (Å²) in [5.74, 6) is 7.93. The number of anilines is 2. The van der Waals surface area contributed by atoms with Crippen molar-refractivity contribution >= 4 is 39.8 Å². The highest BCUT2D eigenvalue weighted by Gasteiger charge is 2.35. The van der Waals surface area contributed by atoms with Crippen molar-refractivity contribution in [3.8, 4) is 23.1 Å². The number of imidazole rings is 1. The maximum absolute atomic E-state index is 12.7. The van der Waals surface area contributed by atoms with Gasteiger partial charge in [0, 0.05) is 53.9 Å². The second-order valence-corrected chi connectivity index (χ2v) is 9.84. The lowest BCUT2D eigenvalue weighted by Gasteiger charge is -2.38. The first-order chi connectivity index (χ1) is 18.0. The predicted molar refractivity (Wildman–Crippen MR) is 140 cm³/mol. The van der Waals surface area contributed by atoms with E-state index in [-0.39, 0.29) is 30.2 Å². The molecule has 186 valence electrons. The molecule has 11 heteroatoms. The highest BCUT2D eigenvalue weighted by Crippen LogP contribution is 2.35. The summed E-state index contributed by atoms with van der Waals surface area (Å²) in [5, 5.41) is 3.27. The van der Waals surface area contributed by atoms with Crippen LogP contribution >= 0.6 is 11.5 Å². The van der Waals surface area contributed by atoms with Gasteiger partial charge in [-0.15, -0.1) is 0 Å². The van der Waals surface area contributed by atoms with E-state index in [0.29, 0.717) is 46.5 Å². The van der Waals surface area contributed by atoms with E-state index in [1.807, 2.05) is 34.6 Å². The summed E-state index contributed by atoms with van der Waals surface area (Å²) in [6, 6.07) is 7.19. The van der Waals surface area contributed by atoms with Crippen LogP contribution in [0.25, 0.3) is 16.8 Å². The van der Waals surface area contributed by atoms with Crippen molar-refractivity contribution in [3.63, 3.8) is 0 Å². The number of carbonyl (C=O) groups excluding carboxylic acids is 2. The van der Waals surface area contributed by atoms with Crippen LogP contribution in [0.2, 0.25) is 0 Å². The second-order valence-electron chi connectivity index (χ2n) is 9.08. The maximum atomic E-state index is 12.7. The molecule has 6 rings (SSSR count). The van der Waals surface area contributed by atoms with Gasteiger partial charge in [0.1, 0.15) is 28.7 Å². The topological polar surface area (TPSA) is 131 Å². The Morgan fingerprint density at radius 2 is 2.08 bits per heavy atom. The van der Waals surface area contributed by atoms with E-state index < -0.39 is 0 Å². The zero-order valence-electron chi connectivity index (χ0n) is 20.1. The van der Waals surface area contributed by atoms with Crippen LogP contribution < -0.4 is 11.1 Å². The van der Waals surface area contributed by atoms with Gasteiger partial charge in [-0.3, -0.25) is 19.3 Å². The number of benzene rings is 1. The third-order valence-corrected chi connectivity index (χ3v) is 7.48. The number of piperidine rings is 1. The van der Waals surface area contributed by atoms with Crippen LogP contribution in [0.1, 0.15) is 54.1 Å². The van der Waals surface area contributed by atoms with Crippen molar-refractivity contribution in [2.45, 2.75) is 44.6 Å². The molecule has 0 saturated carbocycles. The first-order valence-corrected chi connectivity index (χ1v) is 12.9. The number of nitrogens with two attached hydrogens (primary N) is 1. The van der Waals surface area contributed by atoms with Gasteiger partial charge in [-0.1, -0.05) is 30.9 Å². The van der Waals surface area contributed by atoms with Gasteiger partial charge in [-0.05, 0) is 25.0 Å². The van der Waals surface area contributed by atoms with Crippen molar-refractivity contribution in [2.75, 3.05) is 17.6 Å². The summed E-state index contributed by atoms with van der Waals surface area (Å²) in [5.41, 5.74) is 9.03. The first-order valence-electron chi connectivity index (χ1n) is 12.2. The normalized spacial score (nSPS) is 18.8. The fourth-order valence-corrected chi connectivity index (χ4v) is 5.57. The predicted octanol–water partition coefficient (Wildman–Crippen LogP) is 3.13. The molecule has 2 aliphatic heterocycles. The molecule has 1 fully saturated rings. The van der Waals surface area contributed by atoms with Gasteiger partial charge in [0.2, 0.25) is 11.0 Å². The lowest BCUT2D eigenvalue weighted by molar-refractivity contribution is -0.133. The lowest BCUT2D eigenvalue weighted by Crippen LogP contribution is -2.47. The van der Waals surface area contributed by atoms with Gasteiger partial charge in [-0.25, -0.2) is 15.0 Å². The Labute approximate surface area is 217 Å². The van der Waals surface area contributed by atoms with Crippen LogP contribution in [-0.2, 0) is 11.2 Å². The number of hydrogen-bond acceptors (Lipinski definition) is 8. The van der Waals surface area contributed by atoms with E-state index in [0.717, 1.165) is 35.8 Å². The van der Waals surface area contributed by atoms with Gasteiger partial charge < -0.3 is 10.6 Å². The Kier molecular flexibility index (Phi) is 5.81. The average Bonchev–Trinajstić information content (AvgIpc) is 3.54. The third kappa shape index (κ3) is 4.19. The van der Waals surface area contributed by atoms with Crippen LogP contribution in [0.3, 0.4) is 0 Å². The molecule has 2 amide bonds. The Bertz CT molecular complexity index is 1580. The molecule has 10 nitrogen and oxygen atoms in total. The Morgan fingerprint density at radius 1 is 1.24 bits per heavy atom. The molecule has 3 N–H and O–H groups in total. The van der Waals surface area contributed by atoms with Crippen LogP contribution in [-0.4, -0.2) is 53.0 Å². The standard InChI is InChI=1S/C26H24N8O2S/c1-2-19-29-26(37-32-19)31-25(36)16-8-6-15(7-9-16)21-22-23(27)28-12-13-33(22)24(30-21)17-10-11-18-4-3-5-20(35)34(18)14-17/h6-9,12-13,17-18H,2,5,10-11,14H2,1H3,(H2,27,28)(H,29,31,32,36)/t17-,18-/m1/s1. The fourth-order valence-electron chi connectivity index (χ4n) is 4.93. The van der Waals surface area contributed by atoms with Gasteiger partial charge >= 0.3 is 0 Å². The highest BCUT2D eigenvalue weighted by molar-refractivity contribution is 7.09. The van der Waals surface area contributed by atoms with Gasteiger partial charge in [0.15, 0.2) is 0 Å². The molecule has 0 spiro atoms. The van der Waals surface area contributed by atoms with Gasteiger partial charge in [-0.2, -0.15) is 4.37 Å². The van der Waals surface area contributed by atoms with Crippen molar-refractivity contribution in [1.29, 1.82) is 0 Å². The van der Waals surface area contributed by atoms with Crippen molar-refractivity contribution in [2.24, 2.45) is 0 Å². The minimum Gasteiger partial charge on any atom is -0.382 e. The highest BCUT2D eigenvalue weighted by atomic mass is 32.1. The van der Waals surface area contributed by atoms with Crippen molar-refractivity contribution in [1.82, 2.24) is 28.6 Å². The summed E-state index contributed by atoms with van der Waals surface area (Å²) >= 11 is 1.16. The van der Waals surface area contributed by atoms with Crippen LogP contribution in [0.4, 0.5) is 10.9 Å². The molecule has 2 atom stereocenters. The minimum absolute atomic E-state index is 0.0117. The van der Waals surface area contributed by atoms with Crippen molar-refractivity contribution < 1.29 is 9.59 Å². The minimum atomic E-state index is -0.257. The Balaban J connectivity index is 1.30. The number of nitrogens with one attached hydrogen (secondary N) is 1. The third-order valence-electron chi connectivity index (χ3n) is 6.81. The molecular weight excluding hydrogens is 488 g/mol. The molecule has 0 aliphatic carbocycles. The Morgan fingerprint density at radius 3 is 2.86 bits per heavy atom. The molecule has 3 aromatic heterocycles. The second kappa shape index (κ2) is 9.29. The number of amides is 2. The van der Waals surface area contributed by atoms with E-state index in [1.54, 1.807) is 18.3 Å². The molecule has 4 aromatic rings. The number of hydrogen-bond donors (Lipinski definition) is 2. The quantitative estimate of drug-likeness (QED) is 0.393. The summed E-state index contributed by atoms with van der Waals surface area (Å²) in [6.07, 6.45) is 6.18. The van der Waals surface area contributed by atoms with E-state index >= 15 is 0 Å². The maximum Gasteiger partial charge on any atom is 0.257 e. The number of nitrogens with zero attached hydrogens (tertiary/aromatic N) is 6. The molecule has 37 heavy (non-hydrogen) atoms. The summed E-state index contributed by atoms with van der Waals surface area (Å²) < 4.78 is 6.18. The first kappa shape index (κ1) is 23.1. The summed E-state index contributed by atoms with van der Waals surface area (Å²) in [6.45, 7) is 2.54. The number of rotatable bonds is 5. The summed E-state index contributed by atoms with van der Waals surface area (Å²) in [7, 11) is 0. The van der Waals surface area contributed by atoms with E-state index in [4.69, 9.17) is 10.7 Å². The average molecular weight is 513 g/mol. The zero-order valence-corrected chi connectivity index (χ0v) is 21.0. The van der Waals surface area contributed by atoms with Crippen molar-refractivity contribution in [3.05, 3.63) is 53.9 Å². The number of fused-ring (bicyclic) bond motifs is 2. The fraction of sp³-hybridized carbons (Fsp3) is 0.308. The molecule has 2 aliphatic rings. The van der Waals surface area contributed by atoms with Crippen LogP contribution in [0, 0.1) is 11.8 Å². The SMILES string of the molecule is CCc1nsc(NC(=O)c2ccc(-c3nc([C@@H]4CC[C@H]5C#CCC(=O)N5C4)n4ccnc(N)c34)cc2)n1. The summed E-state index contributed by atoms with van der Waals surface area (Å²) in [4.78, 5) is 40.7. The molecule has 5 heterocycles. The van der Waals surface area contributed by atoms with E-state index in [2.05, 4.69) is 31.5 Å². The molecule has 1 aromatic carbocycles. The number of nitrogen functional groups attached to an aromatic ring is 1. The van der Waals surface area contributed by atoms with Crippen LogP contribution in [0.5, 0.6) is 0 Å². The monoisotopic (exact) mass is 512 g/mol. The van der Waals surface area contributed by atoms with E-state index in [1.165, 1.54) is 0 Å². The Hall–Kier alpha value is -4.30. The smallest absolute Gasteiger partial charge is 0.257 e. The molecular formula is C26H24N8O2S. The number of aromatic nitrogens is 5. The van der Waals surface area contributed by atoms with Crippen LogP contribution in [0.15, 0.2) is 36.7 Å². The molecule has 0 bridgehead atoms. The van der Waals surface area contributed by atoms with Gasteiger partial charge in [0.25, 0.3) is 5.91 Å². The van der Waals surface area contributed by atoms with Gasteiger partial charge in [0.05, 0.1) is 12.5 Å². The number of carbonyl (C=O) groups is 2. The zero-order chi connectivity index (χ0) is 25.5. The molecule has 0 unspecified atom stereocenters. The number of aryl methyl sites for hydroxylation is 1. The molecule has 0 radical (unpaired) electrons. The lowest BCUT2D eigenvalue weighted by atomic mass is 9.90. The molecule has 1 saturated heterocycles.